The number of hydrogen-bond acceptors (Lipinski definition) is 5. The molecule has 6 heteroatoms. The topological polar surface area (TPSA) is 56.7 Å². The van der Waals surface area contributed by atoms with E-state index in [4.69, 9.17) is 4.52 Å². The van der Waals surface area contributed by atoms with Crippen LogP contribution in [0.3, 0.4) is 0 Å². The van der Waals surface area contributed by atoms with Crippen LogP contribution >= 0.6 is 11.8 Å². The molecule has 1 aromatic carbocycles. The minimum absolute atomic E-state index is 0.0739. The molecule has 3 aromatic rings. The Balaban J connectivity index is 1.52. The van der Waals surface area contributed by atoms with Gasteiger partial charge in [-0.1, -0.05) is 47.3 Å². The fraction of sp³-hybridized carbons (Fsp3) is 0.312. The number of nitrogens with zero attached hydrogens (tertiary/aromatic N) is 4. The molecule has 0 bridgehead atoms. The fourth-order valence-electron chi connectivity index (χ4n) is 2.33. The third-order valence-electron chi connectivity index (χ3n) is 3.68. The second kappa shape index (κ2) is 5.61. The van der Waals surface area contributed by atoms with Gasteiger partial charge in [0.15, 0.2) is 5.16 Å². The summed E-state index contributed by atoms with van der Waals surface area (Å²) in [6.07, 6.45) is 6.40. The standard InChI is InChI=1S/C16H16N4OS/c1-11(22-16-17-9-10-20(16)13-7-8-13)15-18-14(19-21-15)12-5-3-2-4-6-12/h2-6,9-11,13H,7-8H2,1H3/t11-/m1/s1. The highest BCUT2D eigenvalue weighted by Gasteiger charge is 2.27. The Morgan fingerprint density at radius 3 is 2.86 bits per heavy atom. The Kier molecular flexibility index (Phi) is 3.46. The summed E-state index contributed by atoms with van der Waals surface area (Å²) in [6.45, 7) is 2.07. The van der Waals surface area contributed by atoms with Crippen LogP contribution in [0, 0.1) is 0 Å². The zero-order valence-corrected chi connectivity index (χ0v) is 13.0. The first kappa shape index (κ1) is 13.6. The van der Waals surface area contributed by atoms with Crippen molar-refractivity contribution in [3.63, 3.8) is 0 Å². The number of hydrogen-bond donors (Lipinski definition) is 0. The summed E-state index contributed by atoms with van der Waals surface area (Å²) in [5.74, 6) is 1.27. The molecule has 1 fully saturated rings. The molecule has 0 amide bonds. The molecule has 2 aromatic heterocycles. The summed E-state index contributed by atoms with van der Waals surface area (Å²) >= 11 is 1.66. The van der Waals surface area contributed by atoms with Gasteiger partial charge in [-0.3, -0.25) is 0 Å². The molecule has 1 aliphatic rings. The van der Waals surface area contributed by atoms with Crippen molar-refractivity contribution in [2.75, 3.05) is 0 Å². The molecule has 0 spiro atoms. The zero-order valence-electron chi connectivity index (χ0n) is 12.2. The Morgan fingerprint density at radius 2 is 2.09 bits per heavy atom. The number of thioether (sulfide) groups is 1. The van der Waals surface area contributed by atoms with Crippen molar-refractivity contribution in [2.24, 2.45) is 0 Å². The number of imidazole rings is 1. The number of benzene rings is 1. The molecule has 0 aliphatic heterocycles. The molecule has 5 nitrogen and oxygen atoms in total. The lowest BCUT2D eigenvalue weighted by atomic mass is 10.2. The average molecular weight is 312 g/mol. The van der Waals surface area contributed by atoms with Crippen molar-refractivity contribution < 1.29 is 4.52 Å². The molecule has 1 aliphatic carbocycles. The van der Waals surface area contributed by atoms with Crippen LogP contribution in [0.4, 0.5) is 0 Å². The van der Waals surface area contributed by atoms with Crippen LogP contribution in [0.2, 0.25) is 0 Å². The molecule has 1 saturated carbocycles. The summed E-state index contributed by atoms with van der Waals surface area (Å²) in [4.78, 5) is 8.96. The third kappa shape index (κ3) is 2.66. The molecule has 4 rings (SSSR count). The van der Waals surface area contributed by atoms with Crippen molar-refractivity contribution in [3.05, 3.63) is 48.6 Å². The van der Waals surface area contributed by atoms with Crippen molar-refractivity contribution in [2.45, 2.75) is 36.2 Å². The van der Waals surface area contributed by atoms with E-state index in [0.29, 0.717) is 17.8 Å². The Bertz CT molecular complexity index is 763. The van der Waals surface area contributed by atoms with Gasteiger partial charge in [0.2, 0.25) is 11.7 Å². The molecule has 0 radical (unpaired) electrons. The summed E-state index contributed by atoms with van der Waals surface area (Å²) in [6, 6.07) is 10.5. The van der Waals surface area contributed by atoms with Crippen LogP contribution < -0.4 is 0 Å². The van der Waals surface area contributed by atoms with Crippen molar-refractivity contribution in [1.29, 1.82) is 0 Å². The summed E-state index contributed by atoms with van der Waals surface area (Å²) < 4.78 is 7.67. The highest BCUT2D eigenvalue weighted by Crippen LogP contribution is 2.41. The predicted molar refractivity (Wildman–Crippen MR) is 84.5 cm³/mol. The third-order valence-corrected chi connectivity index (χ3v) is 4.76. The van der Waals surface area contributed by atoms with Crippen LogP contribution in [0.1, 0.15) is 36.9 Å². The quantitative estimate of drug-likeness (QED) is 0.663. The van der Waals surface area contributed by atoms with Gasteiger partial charge in [-0.15, -0.1) is 0 Å². The molecular formula is C16H16N4OS. The van der Waals surface area contributed by atoms with E-state index in [2.05, 4.69) is 32.8 Å². The minimum atomic E-state index is 0.0739. The Labute approximate surface area is 132 Å². The van der Waals surface area contributed by atoms with E-state index in [1.807, 2.05) is 36.5 Å². The summed E-state index contributed by atoms with van der Waals surface area (Å²) in [5.41, 5.74) is 0.967. The molecule has 22 heavy (non-hydrogen) atoms. The number of rotatable bonds is 5. The van der Waals surface area contributed by atoms with Gasteiger partial charge in [-0.25, -0.2) is 4.98 Å². The second-order valence-corrected chi connectivity index (χ2v) is 6.74. The van der Waals surface area contributed by atoms with E-state index in [9.17, 15) is 0 Å². The highest BCUT2D eigenvalue weighted by molar-refractivity contribution is 7.99. The van der Waals surface area contributed by atoms with Gasteiger partial charge in [0.25, 0.3) is 0 Å². The van der Waals surface area contributed by atoms with Gasteiger partial charge in [0.1, 0.15) is 0 Å². The molecule has 2 heterocycles. The first-order valence-electron chi connectivity index (χ1n) is 7.40. The van der Waals surface area contributed by atoms with Crippen LogP contribution in [0.25, 0.3) is 11.4 Å². The molecule has 1 atom stereocenters. The smallest absolute Gasteiger partial charge is 0.240 e. The van der Waals surface area contributed by atoms with Crippen LogP contribution in [-0.4, -0.2) is 19.7 Å². The average Bonchev–Trinajstić information content (AvgIpc) is 3.09. The minimum Gasteiger partial charge on any atom is -0.338 e. The first-order valence-corrected chi connectivity index (χ1v) is 8.28. The first-order chi connectivity index (χ1) is 10.8. The lowest BCUT2D eigenvalue weighted by Crippen LogP contribution is -1.97. The number of aromatic nitrogens is 4. The summed E-state index contributed by atoms with van der Waals surface area (Å²) in [7, 11) is 0. The highest BCUT2D eigenvalue weighted by atomic mass is 32.2. The lowest BCUT2D eigenvalue weighted by molar-refractivity contribution is 0.380. The van der Waals surface area contributed by atoms with E-state index < -0.39 is 0 Å². The van der Waals surface area contributed by atoms with Crippen LogP contribution in [0.5, 0.6) is 0 Å². The SMILES string of the molecule is C[C@@H](Sc1nccn1C1CC1)c1nc(-c2ccccc2)no1. The second-order valence-electron chi connectivity index (χ2n) is 5.43. The van der Waals surface area contributed by atoms with Gasteiger partial charge in [0, 0.05) is 24.0 Å². The van der Waals surface area contributed by atoms with Crippen LogP contribution in [-0.2, 0) is 0 Å². The molecule has 0 N–H and O–H groups in total. The van der Waals surface area contributed by atoms with E-state index in [0.717, 1.165) is 10.7 Å². The van der Waals surface area contributed by atoms with E-state index in [1.165, 1.54) is 12.8 Å². The fourth-order valence-corrected chi connectivity index (χ4v) is 3.30. The maximum Gasteiger partial charge on any atom is 0.240 e. The lowest BCUT2D eigenvalue weighted by Gasteiger charge is -2.08. The maximum absolute atomic E-state index is 5.43. The predicted octanol–water partition coefficient (Wildman–Crippen LogP) is 4.12. The normalized spacial score (nSPS) is 15.9. The zero-order chi connectivity index (χ0) is 14.9. The Hall–Kier alpha value is -2.08. The van der Waals surface area contributed by atoms with Gasteiger partial charge in [-0.05, 0) is 19.8 Å². The molecule has 112 valence electrons. The van der Waals surface area contributed by atoms with E-state index in [-0.39, 0.29) is 5.25 Å². The van der Waals surface area contributed by atoms with Gasteiger partial charge in [-0.2, -0.15) is 4.98 Å². The van der Waals surface area contributed by atoms with Gasteiger partial charge in [0.05, 0.1) is 5.25 Å². The largest absolute Gasteiger partial charge is 0.338 e. The van der Waals surface area contributed by atoms with Crippen molar-refractivity contribution >= 4 is 11.8 Å². The molecular weight excluding hydrogens is 296 g/mol. The van der Waals surface area contributed by atoms with E-state index in [1.54, 1.807) is 11.8 Å². The monoisotopic (exact) mass is 312 g/mol. The Morgan fingerprint density at radius 1 is 1.27 bits per heavy atom. The molecule has 0 saturated heterocycles. The van der Waals surface area contributed by atoms with Crippen LogP contribution in [0.15, 0.2) is 52.4 Å². The van der Waals surface area contributed by atoms with Gasteiger partial charge < -0.3 is 9.09 Å². The van der Waals surface area contributed by atoms with E-state index >= 15 is 0 Å². The van der Waals surface area contributed by atoms with Crippen molar-refractivity contribution in [3.8, 4) is 11.4 Å². The molecule has 0 unspecified atom stereocenters. The van der Waals surface area contributed by atoms with Crippen molar-refractivity contribution in [1.82, 2.24) is 19.7 Å². The summed E-state index contributed by atoms with van der Waals surface area (Å²) in [5, 5.41) is 5.18. The van der Waals surface area contributed by atoms with Gasteiger partial charge >= 0.3 is 0 Å². The maximum atomic E-state index is 5.43.